The zero-order valence-corrected chi connectivity index (χ0v) is 14.6. The van der Waals surface area contributed by atoms with Gasteiger partial charge in [-0.2, -0.15) is 8.42 Å². The molecule has 0 spiro atoms. The van der Waals surface area contributed by atoms with Gasteiger partial charge >= 0.3 is 118 Å². The van der Waals surface area contributed by atoms with Crippen molar-refractivity contribution in [3.8, 4) is 0 Å². The maximum absolute atomic E-state index is 11.9. The van der Waals surface area contributed by atoms with Crippen molar-refractivity contribution in [2.75, 3.05) is 6.61 Å². The molecule has 0 amide bonds. The molecule has 0 aliphatic rings. The molecule has 0 unspecified atom stereocenters. The Morgan fingerprint density at radius 2 is 1.12 bits per heavy atom. The van der Waals surface area contributed by atoms with Gasteiger partial charge in [0.05, 0.1) is 11.5 Å². The predicted octanol–water partition coefficient (Wildman–Crippen LogP) is 2.72. The standard InChI is InChI=1S/C18H30O3S.4Na.4H/c1-2-3-4-5-6-7-8-9-10-14-17-21-22(19,20)18-15-12-11-13-16-18;;;;;;;;/h11-13,15-16H,2-10,14,17H2,1H3;;;;;;;;. The van der Waals surface area contributed by atoms with Crippen molar-refractivity contribution in [3.05, 3.63) is 30.3 Å². The van der Waals surface area contributed by atoms with Crippen LogP contribution in [0.4, 0.5) is 0 Å². The molecule has 0 aliphatic heterocycles. The van der Waals surface area contributed by atoms with E-state index >= 15 is 0 Å². The second-order valence-corrected chi connectivity index (χ2v) is 7.39. The fraction of sp³-hybridized carbons (Fsp3) is 0.667. The molecule has 0 atom stereocenters. The van der Waals surface area contributed by atoms with E-state index in [9.17, 15) is 8.42 Å². The molecule has 134 valence electrons. The second kappa shape index (κ2) is 24.4. The Morgan fingerprint density at radius 3 is 1.58 bits per heavy atom. The molecule has 26 heavy (non-hydrogen) atoms. The summed E-state index contributed by atoms with van der Waals surface area (Å²) >= 11 is 0. The number of rotatable bonds is 13. The van der Waals surface area contributed by atoms with Crippen LogP contribution in [0.5, 0.6) is 0 Å². The molecule has 0 saturated heterocycles. The molecule has 0 aliphatic carbocycles. The van der Waals surface area contributed by atoms with Gasteiger partial charge in [-0.1, -0.05) is 82.9 Å². The van der Waals surface area contributed by atoms with Crippen molar-refractivity contribution in [1.29, 1.82) is 0 Å². The van der Waals surface area contributed by atoms with Crippen LogP contribution >= 0.6 is 0 Å². The Kier molecular flexibility index (Phi) is 34.3. The van der Waals surface area contributed by atoms with Crippen molar-refractivity contribution in [3.63, 3.8) is 0 Å². The summed E-state index contributed by atoms with van der Waals surface area (Å²) in [7, 11) is -3.57. The van der Waals surface area contributed by atoms with Gasteiger partial charge in [-0.15, -0.1) is 0 Å². The van der Waals surface area contributed by atoms with Crippen LogP contribution in [0.15, 0.2) is 35.2 Å². The van der Waals surface area contributed by atoms with E-state index in [-0.39, 0.29) is 130 Å². The summed E-state index contributed by atoms with van der Waals surface area (Å²) in [6.07, 6.45) is 12.3. The monoisotopic (exact) mass is 422 g/mol. The molecule has 0 saturated carbocycles. The Bertz CT molecular complexity index is 484. The summed E-state index contributed by atoms with van der Waals surface area (Å²) in [5, 5.41) is 0. The molecule has 0 N–H and O–H groups in total. The van der Waals surface area contributed by atoms with Gasteiger partial charge in [-0.3, -0.25) is 4.18 Å². The zero-order valence-electron chi connectivity index (χ0n) is 13.8. The number of hydrogen-bond acceptors (Lipinski definition) is 3. The normalized spacial score (nSPS) is 9.88. The number of unbranched alkanes of at least 4 members (excludes halogenated alkanes) is 9. The zero-order chi connectivity index (χ0) is 16.1. The van der Waals surface area contributed by atoms with Crippen molar-refractivity contribution in [1.82, 2.24) is 0 Å². The fourth-order valence-electron chi connectivity index (χ4n) is 2.41. The molecule has 0 bridgehead atoms. The van der Waals surface area contributed by atoms with E-state index in [4.69, 9.17) is 4.18 Å². The van der Waals surface area contributed by atoms with E-state index in [1.165, 1.54) is 51.4 Å². The summed E-state index contributed by atoms with van der Waals surface area (Å²) in [4.78, 5) is 0.238. The first-order valence-corrected chi connectivity index (χ1v) is 10.0. The summed E-state index contributed by atoms with van der Waals surface area (Å²) in [5.74, 6) is 0. The molecule has 0 fully saturated rings. The molecule has 1 rings (SSSR count). The minimum absolute atomic E-state index is 0. The first kappa shape index (κ1) is 36.5. The van der Waals surface area contributed by atoms with E-state index in [1.807, 2.05) is 0 Å². The van der Waals surface area contributed by atoms with Gasteiger partial charge in [0.15, 0.2) is 0 Å². The van der Waals surface area contributed by atoms with E-state index in [2.05, 4.69) is 6.92 Å². The number of hydrogen-bond donors (Lipinski definition) is 0. The Hall–Kier alpha value is 3.13. The molecule has 0 radical (unpaired) electrons. The van der Waals surface area contributed by atoms with E-state index < -0.39 is 10.1 Å². The Labute approximate surface area is 249 Å². The Morgan fingerprint density at radius 1 is 0.692 bits per heavy atom. The van der Waals surface area contributed by atoms with Gasteiger partial charge < -0.3 is 0 Å². The molecule has 8 heteroatoms. The average Bonchev–Trinajstić information content (AvgIpc) is 2.53. The van der Waals surface area contributed by atoms with Crippen LogP contribution in [-0.4, -0.2) is 133 Å². The second-order valence-electron chi connectivity index (χ2n) is 5.77. The van der Waals surface area contributed by atoms with Crippen LogP contribution in [0, 0.1) is 0 Å². The third kappa shape index (κ3) is 19.1. The van der Waals surface area contributed by atoms with Crippen LogP contribution in [0.25, 0.3) is 0 Å². The topological polar surface area (TPSA) is 43.4 Å². The number of benzene rings is 1. The molecule has 0 aromatic heterocycles. The van der Waals surface area contributed by atoms with Gasteiger partial charge in [-0.05, 0) is 18.6 Å². The van der Waals surface area contributed by atoms with Crippen LogP contribution in [0.2, 0.25) is 0 Å². The summed E-state index contributed by atoms with van der Waals surface area (Å²) in [5.41, 5.74) is 0. The maximum atomic E-state index is 11.9. The predicted molar refractivity (Wildman–Crippen MR) is 120 cm³/mol. The quantitative estimate of drug-likeness (QED) is 0.279. The van der Waals surface area contributed by atoms with Crippen LogP contribution in [0.3, 0.4) is 0 Å². The van der Waals surface area contributed by atoms with Crippen molar-refractivity contribution < 1.29 is 12.6 Å². The summed E-state index contributed by atoms with van der Waals surface area (Å²) in [6.45, 7) is 2.52. The van der Waals surface area contributed by atoms with Crippen molar-refractivity contribution in [2.24, 2.45) is 0 Å². The first-order valence-electron chi connectivity index (χ1n) is 8.61. The van der Waals surface area contributed by atoms with E-state index in [0.29, 0.717) is 0 Å². The van der Waals surface area contributed by atoms with Crippen molar-refractivity contribution in [2.45, 2.75) is 76.0 Å². The molecular weight excluding hydrogens is 388 g/mol. The van der Waals surface area contributed by atoms with Crippen LogP contribution < -0.4 is 0 Å². The molecule has 0 heterocycles. The van der Waals surface area contributed by atoms with Gasteiger partial charge in [0, 0.05) is 0 Å². The van der Waals surface area contributed by atoms with Gasteiger partial charge in [0.2, 0.25) is 0 Å². The van der Waals surface area contributed by atoms with Gasteiger partial charge in [0.1, 0.15) is 0 Å². The summed E-state index contributed by atoms with van der Waals surface area (Å²) < 4.78 is 28.8. The van der Waals surface area contributed by atoms with Crippen LogP contribution in [-0.2, 0) is 14.3 Å². The third-order valence-electron chi connectivity index (χ3n) is 3.77. The van der Waals surface area contributed by atoms with E-state index in [0.717, 1.165) is 12.8 Å². The van der Waals surface area contributed by atoms with Crippen molar-refractivity contribution >= 4 is 128 Å². The van der Waals surface area contributed by atoms with Gasteiger partial charge in [-0.25, -0.2) is 0 Å². The Balaban J connectivity index is -0.000000605. The SMILES string of the molecule is CCCCCCCCCCCCOS(=O)(=O)c1ccccc1.[NaH].[NaH].[NaH].[NaH]. The average molecular weight is 422 g/mol. The molecule has 1 aromatic rings. The van der Waals surface area contributed by atoms with Gasteiger partial charge in [0.25, 0.3) is 10.1 Å². The first-order chi connectivity index (χ1) is 10.7. The molecule has 1 aromatic carbocycles. The van der Waals surface area contributed by atoms with E-state index in [1.54, 1.807) is 30.3 Å². The summed E-state index contributed by atoms with van der Waals surface area (Å²) in [6, 6.07) is 8.33. The molecule has 3 nitrogen and oxygen atoms in total. The fourth-order valence-corrected chi connectivity index (χ4v) is 3.38. The third-order valence-corrected chi connectivity index (χ3v) is 5.09. The van der Waals surface area contributed by atoms with Crippen LogP contribution in [0.1, 0.15) is 71.1 Å². The minimum atomic E-state index is -3.57. The molecular formula is C18H34Na4O3S.